The molecule has 0 amide bonds. The summed E-state index contributed by atoms with van der Waals surface area (Å²) in [4.78, 5) is 4.58. The Kier molecular flexibility index (Phi) is 8.00. The van der Waals surface area contributed by atoms with E-state index < -0.39 is 0 Å². The molecule has 0 unspecified atom stereocenters. The third-order valence-corrected chi connectivity index (χ3v) is 3.54. The molecule has 0 spiro atoms. The summed E-state index contributed by atoms with van der Waals surface area (Å²) in [6.07, 6.45) is 3.51. The van der Waals surface area contributed by atoms with Crippen molar-refractivity contribution < 1.29 is 4.39 Å². The lowest BCUT2D eigenvalue weighted by Crippen LogP contribution is -2.38. The lowest BCUT2D eigenvalue weighted by Gasteiger charge is -2.12. The molecule has 0 radical (unpaired) electrons. The summed E-state index contributed by atoms with van der Waals surface area (Å²) in [6, 6.07) is 4.97. The van der Waals surface area contributed by atoms with Crippen LogP contribution in [0.2, 0.25) is 0 Å². The Balaban J connectivity index is 0.00000220. The maximum absolute atomic E-state index is 13.0. The van der Waals surface area contributed by atoms with Gasteiger partial charge in [-0.3, -0.25) is 4.99 Å². The molecule has 5 heteroatoms. The van der Waals surface area contributed by atoms with Crippen LogP contribution < -0.4 is 10.6 Å². The Morgan fingerprint density at radius 2 is 2.10 bits per heavy atom. The first-order chi connectivity index (χ1) is 9.69. The zero-order valence-corrected chi connectivity index (χ0v) is 15.1. The number of aryl methyl sites for hydroxylation is 1. The van der Waals surface area contributed by atoms with Gasteiger partial charge in [-0.15, -0.1) is 24.0 Å². The Hall–Kier alpha value is -0.850. The van der Waals surface area contributed by atoms with Crippen LogP contribution in [0.15, 0.2) is 23.2 Å². The van der Waals surface area contributed by atoms with Gasteiger partial charge in [-0.05, 0) is 62.3 Å². The smallest absolute Gasteiger partial charge is 0.191 e. The Morgan fingerprint density at radius 3 is 2.71 bits per heavy atom. The van der Waals surface area contributed by atoms with Crippen molar-refractivity contribution in [3.05, 3.63) is 35.1 Å². The molecule has 0 saturated heterocycles. The maximum atomic E-state index is 13.0. The molecule has 1 saturated carbocycles. The first-order valence-corrected chi connectivity index (χ1v) is 7.46. The van der Waals surface area contributed by atoms with E-state index in [0.717, 1.165) is 43.5 Å². The predicted octanol–water partition coefficient (Wildman–Crippen LogP) is 3.26. The van der Waals surface area contributed by atoms with Gasteiger partial charge in [0.1, 0.15) is 5.82 Å². The highest BCUT2D eigenvalue weighted by atomic mass is 127. The highest BCUT2D eigenvalue weighted by molar-refractivity contribution is 14.0. The average molecular weight is 405 g/mol. The van der Waals surface area contributed by atoms with Crippen molar-refractivity contribution in [3.63, 3.8) is 0 Å². The third kappa shape index (κ3) is 6.63. The van der Waals surface area contributed by atoms with Gasteiger partial charge in [0, 0.05) is 19.6 Å². The molecule has 1 aromatic carbocycles. The number of benzene rings is 1. The van der Waals surface area contributed by atoms with Gasteiger partial charge < -0.3 is 10.6 Å². The largest absolute Gasteiger partial charge is 0.357 e. The first-order valence-electron chi connectivity index (χ1n) is 7.46. The lowest BCUT2D eigenvalue weighted by atomic mass is 10.1. The van der Waals surface area contributed by atoms with Gasteiger partial charge in [-0.2, -0.15) is 0 Å². The zero-order valence-electron chi connectivity index (χ0n) is 12.8. The van der Waals surface area contributed by atoms with E-state index in [4.69, 9.17) is 0 Å². The fourth-order valence-corrected chi connectivity index (χ4v) is 2.12. The number of nitrogens with zero attached hydrogens (tertiary/aromatic N) is 1. The van der Waals surface area contributed by atoms with Crippen LogP contribution >= 0.6 is 24.0 Å². The van der Waals surface area contributed by atoms with Gasteiger partial charge >= 0.3 is 0 Å². The molecule has 0 bridgehead atoms. The van der Waals surface area contributed by atoms with Crippen LogP contribution in [0.25, 0.3) is 0 Å². The SMILES string of the molecule is CCNC(=NCC1CC1)NCCc1ccc(F)cc1C.I. The molecule has 0 aromatic heterocycles. The predicted molar refractivity (Wildman–Crippen MR) is 97.0 cm³/mol. The minimum atomic E-state index is -0.168. The molecule has 21 heavy (non-hydrogen) atoms. The number of halogens is 2. The van der Waals surface area contributed by atoms with E-state index in [2.05, 4.69) is 22.5 Å². The molecule has 1 aliphatic rings. The summed E-state index contributed by atoms with van der Waals surface area (Å²) in [5, 5.41) is 6.59. The van der Waals surface area contributed by atoms with Crippen molar-refractivity contribution in [1.82, 2.24) is 10.6 Å². The Bertz CT molecular complexity index is 473. The lowest BCUT2D eigenvalue weighted by molar-refractivity contribution is 0.625. The number of hydrogen-bond donors (Lipinski definition) is 2. The molecule has 0 heterocycles. The normalized spacial score (nSPS) is 14.5. The molecule has 1 fully saturated rings. The van der Waals surface area contributed by atoms with Crippen molar-refractivity contribution in [2.24, 2.45) is 10.9 Å². The number of rotatable bonds is 6. The van der Waals surface area contributed by atoms with Gasteiger partial charge in [-0.25, -0.2) is 4.39 Å². The summed E-state index contributed by atoms with van der Waals surface area (Å²) < 4.78 is 13.0. The van der Waals surface area contributed by atoms with Gasteiger partial charge in [-0.1, -0.05) is 6.07 Å². The summed E-state index contributed by atoms with van der Waals surface area (Å²) in [5.74, 6) is 1.52. The van der Waals surface area contributed by atoms with E-state index >= 15 is 0 Å². The van der Waals surface area contributed by atoms with Crippen LogP contribution in [0.5, 0.6) is 0 Å². The summed E-state index contributed by atoms with van der Waals surface area (Å²) in [5.41, 5.74) is 2.18. The number of aliphatic imine (C=N–C) groups is 1. The van der Waals surface area contributed by atoms with Crippen LogP contribution in [-0.4, -0.2) is 25.6 Å². The second-order valence-electron chi connectivity index (χ2n) is 5.41. The fourth-order valence-electron chi connectivity index (χ4n) is 2.12. The van der Waals surface area contributed by atoms with Gasteiger partial charge in [0.05, 0.1) is 0 Å². The van der Waals surface area contributed by atoms with Crippen LogP contribution in [-0.2, 0) is 6.42 Å². The monoisotopic (exact) mass is 405 g/mol. The molecule has 3 nitrogen and oxygen atoms in total. The second-order valence-corrected chi connectivity index (χ2v) is 5.41. The van der Waals surface area contributed by atoms with Crippen LogP contribution in [0.1, 0.15) is 30.9 Å². The fraction of sp³-hybridized carbons (Fsp3) is 0.562. The number of nitrogens with one attached hydrogen (secondary N) is 2. The molecule has 2 rings (SSSR count). The maximum Gasteiger partial charge on any atom is 0.191 e. The highest BCUT2D eigenvalue weighted by Crippen LogP contribution is 2.28. The Morgan fingerprint density at radius 1 is 1.33 bits per heavy atom. The second kappa shape index (κ2) is 9.23. The third-order valence-electron chi connectivity index (χ3n) is 3.54. The molecular weight excluding hydrogens is 380 g/mol. The van der Waals surface area contributed by atoms with E-state index in [1.165, 1.54) is 24.5 Å². The van der Waals surface area contributed by atoms with Crippen molar-refractivity contribution in [3.8, 4) is 0 Å². The topological polar surface area (TPSA) is 36.4 Å². The van der Waals surface area contributed by atoms with E-state index in [1.807, 2.05) is 13.0 Å². The average Bonchev–Trinajstić information content (AvgIpc) is 3.22. The number of guanidine groups is 1. The van der Waals surface area contributed by atoms with Gasteiger partial charge in [0.25, 0.3) is 0 Å². The van der Waals surface area contributed by atoms with Crippen molar-refractivity contribution in [2.75, 3.05) is 19.6 Å². The van der Waals surface area contributed by atoms with E-state index in [1.54, 1.807) is 6.07 Å². The Labute approximate surface area is 143 Å². The van der Waals surface area contributed by atoms with E-state index in [0.29, 0.717) is 0 Å². The summed E-state index contributed by atoms with van der Waals surface area (Å²) >= 11 is 0. The van der Waals surface area contributed by atoms with Crippen LogP contribution in [0.3, 0.4) is 0 Å². The van der Waals surface area contributed by atoms with Crippen molar-refractivity contribution in [1.29, 1.82) is 0 Å². The molecule has 1 aliphatic carbocycles. The molecular formula is C16H25FIN3. The van der Waals surface area contributed by atoms with Crippen LogP contribution in [0.4, 0.5) is 4.39 Å². The van der Waals surface area contributed by atoms with Crippen molar-refractivity contribution in [2.45, 2.75) is 33.1 Å². The van der Waals surface area contributed by atoms with Crippen molar-refractivity contribution >= 4 is 29.9 Å². The standard InChI is InChI=1S/C16H24FN3.HI/c1-3-18-16(20-11-13-4-5-13)19-9-8-14-6-7-15(17)10-12(14)2;/h6-7,10,13H,3-5,8-9,11H2,1-2H3,(H2,18,19,20);1H. The quantitative estimate of drug-likeness (QED) is 0.433. The van der Waals surface area contributed by atoms with Crippen LogP contribution in [0, 0.1) is 18.7 Å². The molecule has 0 atom stereocenters. The van der Waals surface area contributed by atoms with E-state index in [-0.39, 0.29) is 29.8 Å². The highest BCUT2D eigenvalue weighted by Gasteiger charge is 2.20. The summed E-state index contributed by atoms with van der Waals surface area (Å²) in [7, 11) is 0. The van der Waals surface area contributed by atoms with E-state index in [9.17, 15) is 4.39 Å². The van der Waals surface area contributed by atoms with Gasteiger partial charge in [0.15, 0.2) is 5.96 Å². The minimum absolute atomic E-state index is 0. The molecule has 118 valence electrons. The van der Waals surface area contributed by atoms with Gasteiger partial charge in [0.2, 0.25) is 0 Å². The molecule has 1 aromatic rings. The summed E-state index contributed by atoms with van der Waals surface area (Å²) in [6.45, 7) is 6.61. The zero-order chi connectivity index (χ0) is 14.4. The minimum Gasteiger partial charge on any atom is -0.357 e. The number of hydrogen-bond acceptors (Lipinski definition) is 1. The molecule has 0 aliphatic heterocycles. The molecule has 2 N–H and O–H groups in total. The first kappa shape index (κ1) is 18.2.